The SMILES string of the molecule is CCC(=O)CN1C(=O)CCc2ccccc21. The molecule has 1 aromatic rings. The van der Waals surface area contributed by atoms with Gasteiger partial charge in [0, 0.05) is 18.5 Å². The standard InChI is InChI=1S/C13H15NO2/c1-2-11(15)9-14-12-6-4-3-5-10(12)7-8-13(14)16/h3-6H,2,7-9H2,1H3. The Balaban J connectivity index is 2.29. The van der Waals surface area contributed by atoms with Crippen LogP contribution in [0.25, 0.3) is 0 Å². The molecule has 0 unspecified atom stereocenters. The van der Waals surface area contributed by atoms with Crippen LogP contribution in [-0.4, -0.2) is 18.2 Å². The molecule has 1 aliphatic rings. The molecule has 0 radical (unpaired) electrons. The van der Waals surface area contributed by atoms with E-state index in [4.69, 9.17) is 0 Å². The summed E-state index contributed by atoms with van der Waals surface area (Å²) in [5.74, 6) is 0.158. The van der Waals surface area contributed by atoms with Crippen LogP contribution in [0.15, 0.2) is 24.3 Å². The maximum Gasteiger partial charge on any atom is 0.227 e. The van der Waals surface area contributed by atoms with E-state index in [1.807, 2.05) is 31.2 Å². The summed E-state index contributed by atoms with van der Waals surface area (Å²) >= 11 is 0. The van der Waals surface area contributed by atoms with Crippen molar-refractivity contribution < 1.29 is 9.59 Å². The molecular formula is C13H15NO2. The van der Waals surface area contributed by atoms with Crippen molar-refractivity contribution in [3.05, 3.63) is 29.8 Å². The van der Waals surface area contributed by atoms with Gasteiger partial charge in [-0.3, -0.25) is 9.59 Å². The molecule has 0 atom stereocenters. The van der Waals surface area contributed by atoms with Gasteiger partial charge in [-0.2, -0.15) is 0 Å². The fourth-order valence-corrected chi connectivity index (χ4v) is 1.96. The fourth-order valence-electron chi connectivity index (χ4n) is 1.96. The Kier molecular flexibility index (Phi) is 3.04. The Morgan fingerprint density at radius 2 is 2.06 bits per heavy atom. The van der Waals surface area contributed by atoms with E-state index in [1.54, 1.807) is 4.90 Å². The summed E-state index contributed by atoms with van der Waals surface area (Å²) in [7, 11) is 0. The van der Waals surface area contributed by atoms with Crippen LogP contribution >= 0.6 is 0 Å². The summed E-state index contributed by atoms with van der Waals surface area (Å²) in [5, 5.41) is 0. The van der Waals surface area contributed by atoms with Gasteiger partial charge in [-0.1, -0.05) is 25.1 Å². The van der Waals surface area contributed by atoms with E-state index in [2.05, 4.69) is 0 Å². The number of ketones is 1. The molecule has 1 aromatic carbocycles. The lowest BCUT2D eigenvalue weighted by Crippen LogP contribution is -2.38. The summed E-state index contributed by atoms with van der Waals surface area (Å²) in [6.45, 7) is 2.04. The molecular weight excluding hydrogens is 202 g/mol. The molecule has 3 heteroatoms. The van der Waals surface area contributed by atoms with Crippen molar-refractivity contribution in [3.8, 4) is 0 Å². The van der Waals surface area contributed by atoms with Crippen LogP contribution in [0.3, 0.4) is 0 Å². The highest BCUT2D eigenvalue weighted by atomic mass is 16.2. The van der Waals surface area contributed by atoms with Crippen molar-refractivity contribution in [2.45, 2.75) is 26.2 Å². The van der Waals surface area contributed by atoms with E-state index < -0.39 is 0 Å². The van der Waals surface area contributed by atoms with Gasteiger partial charge in [-0.15, -0.1) is 0 Å². The zero-order valence-electron chi connectivity index (χ0n) is 9.40. The third kappa shape index (κ3) is 1.98. The summed E-state index contributed by atoms with van der Waals surface area (Å²) in [5.41, 5.74) is 2.06. The summed E-state index contributed by atoms with van der Waals surface area (Å²) in [4.78, 5) is 24.8. The van der Waals surface area contributed by atoms with Crippen LogP contribution in [0.2, 0.25) is 0 Å². The second kappa shape index (κ2) is 4.47. The number of hydrogen-bond donors (Lipinski definition) is 0. The Hall–Kier alpha value is -1.64. The topological polar surface area (TPSA) is 37.4 Å². The first-order chi connectivity index (χ1) is 7.72. The second-order valence-corrected chi connectivity index (χ2v) is 4.00. The number of Topliss-reactive ketones (excluding diaryl/α,β-unsaturated/α-hetero) is 1. The Labute approximate surface area is 95.1 Å². The Bertz CT molecular complexity index is 426. The number of carbonyl (C=O) groups excluding carboxylic acids is 2. The molecule has 0 aliphatic carbocycles. The van der Waals surface area contributed by atoms with Gasteiger partial charge in [0.15, 0.2) is 5.78 Å². The number of fused-ring (bicyclic) bond motifs is 1. The minimum absolute atomic E-state index is 0.0560. The zero-order chi connectivity index (χ0) is 11.5. The molecule has 0 spiro atoms. The molecule has 1 amide bonds. The molecule has 84 valence electrons. The third-order valence-electron chi connectivity index (χ3n) is 2.92. The van der Waals surface area contributed by atoms with Crippen LogP contribution < -0.4 is 4.90 Å². The monoisotopic (exact) mass is 217 g/mol. The maximum absolute atomic E-state index is 11.8. The minimum Gasteiger partial charge on any atom is -0.305 e. The predicted octanol–water partition coefficient (Wildman–Crippen LogP) is 1.94. The second-order valence-electron chi connectivity index (χ2n) is 4.00. The highest BCUT2D eigenvalue weighted by molar-refractivity contribution is 6.01. The van der Waals surface area contributed by atoms with Crippen molar-refractivity contribution in [2.75, 3.05) is 11.4 Å². The molecule has 0 aromatic heterocycles. The molecule has 3 nitrogen and oxygen atoms in total. The zero-order valence-corrected chi connectivity index (χ0v) is 9.40. The van der Waals surface area contributed by atoms with Crippen LogP contribution in [-0.2, 0) is 16.0 Å². The fraction of sp³-hybridized carbons (Fsp3) is 0.385. The minimum atomic E-state index is 0.0560. The van der Waals surface area contributed by atoms with E-state index >= 15 is 0 Å². The molecule has 1 heterocycles. The van der Waals surface area contributed by atoms with Crippen LogP contribution in [0.4, 0.5) is 5.69 Å². The number of carbonyl (C=O) groups is 2. The molecule has 0 saturated heterocycles. The number of amides is 1. The summed E-state index contributed by atoms with van der Waals surface area (Å²) < 4.78 is 0. The van der Waals surface area contributed by atoms with Gasteiger partial charge in [0.25, 0.3) is 0 Å². The molecule has 16 heavy (non-hydrogen) atoms. The van der Waals surface area contributed by atoms with Crippen LogP contribution in [0.5, 0.6) is 0 Å². The number of aryl methyl sites for hydroxylation is 1. The van der Waals surface area contributed by atoms with Gasteiger partial charge in [-0.05, 0) is 18.1 Å². The molecule has 0 N–H and O–H groups in total. The number of hydrogen-bond acceptors (Lipinski definition) is 2. The number of benzene rings is 1. The van der Waals surface area contributed by atoms with Crippen molar-refractivity contribution >= 4 is 17.4 Å². The highest BCUT2D eigenvalue weighted by Crippen LogP contribution is 2.27. The Morgan fingerprint density at radius 1 is 1.31 bits per heavy atom. The van der Waals surface area contributed by atoms with Gasteiger partial charge in [-0.25, -0.2) is 0 Å². The third-order valence-corrected chi connectivity index (χ3v) is 2.92. The Morgan fingerprint density at radius 3 is 2.81 bits per heavy atom. The lowest BCUT2D eigenvalue weighted by atomic mass is 10.0. The van der Waals surface area contributed by atoms with Crippen molar-refractivity contribution in [1.82, 2.24) is 0 Å². The quantitative estimate of drug-likeness (QED) is 0.776. The molecule has 0 bridgehead atoms. The summed E-state index contributed by atoms with van der Waals surface area (Å²) in [6.07, 6.45) is 1.77. The smallest absolute Gasteiger partial charge is 0.227 e. The van der Waals surface area contributed by atoms with Gasteiger partial charge in [0.05, 0.1) is 6.54 Å². The summed E-state index contributed by atoms with van der Waals surface area (Å²) in [6, 6.07) is 7.80. The average Bonchev–Trinajstić information content (AvgIpc) is 2.32. The molecule has 0 saturated carbocycles. The number of anilines is 1. The van der Waals surface area contributed by atoms with Gasteiger partial charge in [0.1, 0.15) is 0 Å². The molecule has 0 fully saturated rings. The first-order valence-electron chi connectivity index (χ1n) is 5.62. The van der Waals surface area contributed by atoms with Crippen LogP contribution in [0, 0.1) is 0 Å². The first kappa shape index (κ1) is 10.9. The van der Waals surface area contributed by atoms with Gasteiger partial charge in [0.2, 0.25) is 5.91 Å². The van der Waals surface area contributed by atoms with Crippen molar-refractivity contribution in [2.24, 2.45) is 0 Å². The number of nitrogens with zero attached hydrogens (tertiary/aromatic N) is 1. The number of rotatable bonds is 3. The first-order valence-corrected chi connectivity index (χ1v) is 5.62. The van der Waals surface area contributed by atoms with Crippen molar-refractivity contribution in [1.29, 1.82) is 0 Å². The largest absolute Gasteiger partial charge is 0.305 e. The predicted molar refractivity (Wildman–Crippen MR) is 62.4 cm³/mol. The van der Waals surface area contributed by atoms with E-state index in [-0.39, 0.29) is 18.2 Å². The lowest BCUT2D eigenvalue weighted by molar-refractivity contribution is -0.122. The van der Waals surface area contributed by atoms with Gasteiger partial charge < -0.3 is 4.90 Å². The molecule has 2 rings (SSSR count). The average molecular weight is 217 g/mol. The van der Waals surface area contributed by atoms with Gasteiger partial charge >= 0.3 is 0 Å². The number of para-hydroxylation sites is 1. The van der Waals surface area contributed by atoms with E-state index in [0.717, 1.165) is 17.7 Å². The lowest BCUT2D eigenvalue weighted by Gasteiger charge is -2.28. The maximum atomic E-state index is 11.8. The highest BCUT2D eigenvalue weighted by Gasteiger charge is 2.24. The van der Waals surface area contributed by atoms with E-state index in [1.165, 1.54) is 0 Å². The van der Waals surface area contributed by atoms with Crippen molar-refractivity contribution in [3.63, 3.8) is 0 Å². The van der Waals surface area contributed by atoms with E-state index in [9.17, 15) is 9.59 Å². The normalized spacial score (nSPS) is 14.8. The van der Waals surface area contributed by atoms with E-state index in [0.29, 0.717) is 12.8 Å². The van der Waals surface area contributed by atoms with Crippen LogP contribution in [0.1, 0.15) is 25.3 Å². The molecule has 1 aliphatic heterocycles.